The molecule has 0 unspecified atom stereocenters. The van der Waals surface area contributed by atoms with E-state index in [0.717, 1.165) is 0 Å². The zero-order valence-corrected chi connectivity index (χ0v) is 13.7. The summed E-state index contributed by atoms with van der Waals surface area (Å²) in [6, 6.07) is 30.7. The molecule has 0 aliphatic heterocycles. The normalized spacial score (nSPS) is 8.68. The van der Waals surface area contributed by atoms with E-state index in [1.807, 2.05) is 60.7 Å². The van der Waals surface area contributed by atoms with Crippen molar-refractivity contribution in [3.8, 4) is 0 Å². The van der Waals surface area contributed by atoms with Crippen LogP contribution in [0.5, 0.6) is 0 Å². The number of rotatable bonds is 1. The van der Waals surface area contributed by atoms with Gasteiger partial charge in [0, 0.05) is 17.1 Å². The molecular formula is C17H20FeSi-6. The van der Waals surface area contributed by atoms with Crippen LogP contribution in [0.4, 0.5) is 0 Å². The third kappa shape index (κ3) is 10.3. The van der Waals surface area contributed by atoms with Gasteiger partial charge in [-0.15, -0.1) is 0 Å². The van der Waals surface area contributed by atoms with Crippen molar-refractivity contribution in [2.75, 3.05) is 0 Å². The molecule has 0 aliphatic carbocycles. The van der Waals surface area contributed by atoms with Crippen LogP contribution in [0.2, 0.25) is 6.55 Å². The smallest absolute Gasteiger partial charge is 0.0516 e. The van der Waals surface area contributed by atoms with Gasteiger partial charge in [0.1, 0.15) is 0 Å². The summed E-state index contributed by atoms with van der Waals surface area (Å²) in [5, 5.41) is 1.55. The molecule has 0 atom stereocenters. The topological polar surface area (TPSA) is 0 Å². The van der Waals surface area contributed by atoms with Crippen molar-refractivity contribution >= 4 is 14.7 Å². The standard InChI is InChI=1S/C7H10Si.2C5H5.Fe/c1-8-7-5-3-2-4-6-7;2*1-2-4-5-3-1;/h2-6H,8H2,1H3;2*1-5H;/q;-5;-1;. The Balaban J connectivity index is 0.000000259. The average molecular weight is 308 g/mol. The van der Waals surface area contributed by atoms with E-state index in [1.54, 1.807) is 5.19 Å². The largest absolute Gasteiger partial charge is 0.748 e. The van der Waals surface area contributed by atoms with Crippen molar-refractivity contribution in [3.05, 3.63) is 91.0 Å². The van der Waals surface area contributed by atoms with Crippen LogP contribution >= 0.6 is 0 Å². The van der Waals surface area contributed by atoms with Crippen LogP contribution in [0.25, 0.3) is 0 Å². The fourth-order valence-electron chi connectivity index (χ4n) is 1.36. The van der Waals surface area contributed by atoms with Gasteiger partial charge < -0.3 is 30.3 Å². The van der Waals surface area contributed by atoms with Gasteiger partial charge in [-0.2, -0.15) is 18.2 Å². The van der Waals surface area contributed by atoms with E-state index < -0.39 is 0 Å². The second kappa shape index (κ2) is 13.1. The van der Waals surface area contributed by atoms with Crippen LogP contribution in [-0.2, 0) is 17.1 Å². The van der Waals surface area contributed by atoms with Crippen molar-refractivity contribution in [1.29, 1.82) is 0 Å². The van der Waals surface area contributed by atoms with Gasteiger partial charge in [0.25, 0.3) is 0 Å². The average Bonchev–Trinajstić information content (AvgIpc) is 3.17. The third-order valence-electron chi connectivity index (χ3n) is 2.36. The van der Waals surface area contributed by atoms with Crippen molar-refractivity contribution in [1.82, 2.24) is 0 Å². The molecule has 2 heteroatoms. The minimum atomic E-state index is 0. The second-order valence-electron chi connectivity index (χ2n) is 3.76. The van der Waals surface area contributed by atoms with E-state index in [4.69, 9.17) is 0 Å². The first-order chi connectivity index (χ1) is 8.93. The van der Waals surface area contributed by atoms with Crippen LogP contribution in [0, 0.1) is 0 Å². The molecule has 0 amide bonds. The molecule has 0 radical (unpaired) electrons. The van der Waals surface area contributed by atoms with E-state index in [-0.39, 0.29) is 26.6 Å². The Labute approximate surface area is 129 Å². The Kier molecular flexibility index (Phi) is 12.2. The minimum absolute atomic E-state index is 0. The minimum Gasteiger partial charge on any atom is -0.748 e. The van der Waals surface area contributed by atoms with Gasteiger partial charge in [-0.3, -0.25) is 0 Å². The second-order valence-corrected chi connectivity index (χ2v) is 5.29. The Morgan fingerprint density at radius 1 is 0.737 bits per heavy atom. The van der Waals surface area contributed by atoms with Crippen LogP contribution in [-0.4, -0.2) is 9.52 Å². The summed E-state index contributed by atoms with van der Waals surface area (Å²) in [6.45, 7) is 2.30. The Bertz CT molecular complexity index is 383. The van der Waals surface area contributed by atoms with Gasteiger partial charge in [0.2, 0.25) is 0 Å². The van der Waals surface area contributed by atoms with Gasteiger partial charge in [-0.1, -0.05) is 42.1 Å². The monoisotopic (exact) mass is 308 g/mol. The predicted molar refractivity (Wildman–Crippen MR) is 84.6 cm³/mol. The maximum absolute atomic E-state index is 2.30. The molecule has 0 spiro atoms. The summed E-state index contributed by atoms with van der Waals surface area (Å²) in [5.41, 5.74) is 0. The summed E-state index contributed by atoms with van der Waals surface area (Å²) in [6.07, 6.45) is 0. The molecule has 0 saturated carbocycles. The van der Waals surface area contributed by atoms with E-state index >= 15 is 0 Å². The van der Waals surface area contributed by atoms with Gasteiger partial charge in [0.15, 0.2) is 0 Å². The summed E-state index contributed by atoms with van der Waals surface area (Å²) in [5.74, 6) is 0. The molecule has 3 aromatic rings. The molecule has 0 saturated heterocycles. The van der Waals surface area contributed by atoms with Crippen LogP contribution in [0.15, 0.2) is 91.0 Å². The maximum atomic E-state index is 2.30. The van der Waals surface area contributed by atoms with Crippen molar-refractivity contribution in [2.24, 2.45) is 0 Å². The maximum Gasteiger partial charge on any atom is 0.0516 e. The van der Waals surface area contributed by atoms with Crippen molar-refractivity contribution < 1.29 is 17.1 Å². The molecule has 0 bridgehead atoms. The van der Waals surface area contributed by atoms with Gasteiger partial charge >= 0.3 is 0 Å². The quantitative estimate of drug-likeness (QED) is 0.478. The number of hydrogen-bond acceptors (Lipinski definition) is 0. The molecule has 3 rings (SSSR count). The van der Waals surface area contributed by atoms with Crippen LogP contribution in [0.3, 0.4) is 0 Å². The Morgan fingerprint density at radius 3 is 1.47 bits per heavy atom. The SMILES string of the molecule is C[SiH2]c1ccccc1.[Fe].[cH-]1[cH-][cH-][cH-][cH-]1.c1cc[cH-]c1. The summed E-state index contributed by atoms with van der Waals surface area (Å²) >= 11 is 0. The Hall–Kier alpha value is -1.34. The molecular weight excluding hydrogens is 288 g/mol. The third-order valence-corrected chi connectivity index (χ3v) is 3.65. The van der Waals surface area contributed by atoms with E-state index in [9.17, 15) is 0 Å². The van der Waals surface area contributed by atoms with Crippen molar-refractivity contribution in [3.63, 3.8) is 0 Å². The first kappa shape index (κ1) is 17.7. The number of hydrogen-bond donors (Lipinski definition) is 0. The van der Waals surface area contributed by atoms with Gasteiger partial charge in [0.05, 0.1) is 9.52 Å². The molecule has 0 aromatic heterocycles. The van der Waals surface area contributed by atoms with E-state index in [2.05, 4.69) is 36.9 Å². The fraction of sp³-hybridized carbons (Fsp3) is 0.0588. The van der Waals surface area contributed by atoms with Gasteiger partial charge in [-0.05, 0) is 0 Å². The van der Waals surface area contributed by atoms with Crippen LogP contribution < -0.4 is 5.19 Å². The zero-order chi connectivity index (χ0) is 12.9. The Morgan fingerprint density at radius 2 is 1.21 bits per heavy atom. The molecule has 106 valence electrons. The summed E-state index contributed by atoms with van der Waals surface area (Å²) < 4.78 is 0. The summed E-state index contributed by atoms with van der Waals surface area (Å²) in [7, 11) is 0.0913. The first-order valence-corrected chi connectivity index (χ1v) is 8.43. The van der Waals surface area contributed by atoms with E-state index in [0.29, 0.717) is 0 Å². The van der Waals surface area contributed by atoms with Gasteiger partial charge in [-0.25, -0.2) is 12.1 Å². The number of benzene rings is 1. The zero-order valence-electron chi connectivity index (χ0n) is 11.2. The fourth-order valence-corrected chi connectivity index (χ4v) is 2.10. The first-order valence-electron chi connectivity index (χ1n) is 6.30. The van der Waals surface area contributed by atoms with Crippen LogP contribution in [0.1, 0.15) is 0 Å². The molecule has 0 aliphatic rings. The molecule has 0 nitrogen and oxygen atoms in total. The molecule has 0 heterocycles. The molecule has 0 N–H and O–H groups in total. The van der Waals surface area contributed by atoms with Crippen molar-refractivity contribution in [2.45, 2.75) is 6.55 Å². The molecule has 0 fully saturated rings. The summed E-state index contributed by atoms with van der Waals surface area (Å²) in [4.78, 5) is 0. The predicted octanol–water partition coefficient (Wildman–Crippen LogP) is 3.34. The molecule has 19 heavy (non-hydrogen) atoms. The molecule has 3 aromatic carbocycles. The van der Waals surface area contributed by atoms with E-state index in [1.165, 1.54) is 0 Å².